The lowest BCUT2D eigenvalue weighted by Gasteiger charge is -2.23. The Kier molecular flexibility index (Phi) is 4.59. The van der Waals surface area contributed by atoms with Crippen molar-refractivity contribution in [2.45, 2.75) is 32.9 Å². The molecule has 1 aliphatic rings. The van der Waals surface area contributed by atoms with Gasteiger partial charge in [-0.25, -0.2) is 9.78 Å². The van der Waals surface area contributed by atoms with Gasteiger partial charge < -0.3 is 10.1 Å². The van der Waals surface area contributed by atoms with E-state index in [2.05, 4.69) is 34.1 Å². The van der Waals surface area contributed by atoms with Crippen LogP contribution in [0.5, 0.6) is 0 Å². The summed E-state index contributed by atoms with van der Waals surface area (Å²) in [6.45, 7) is 6.49. The van der Waals surface area contributed by atoms with Gasteiger partial charge in [0.1, 0.15) is 12.4 Å². The van der Waals surface area contributed by atoms with E-state index in [1.165, 1.54) is 0 Å². The summed E-state index contributed by atoms with van der Waals surface area (Å²) in [6, 6.07) is 7.40. The molecule has 0 aliphatic carbocycles. The fourth-order valence-corrected chi connectivity index (χ4v) is 2.64. The molecule has 1 saturated heterocycles. The maximum atomic E-state index is 12.1. The topological polar surface area (TPSA) is 80.2 Å². The van der Waals surface area contributed by atoms with Crippen LogP contribution in [0.3, 0.4) is 0 Å². The summed E-state index contributed by atoms with van der Waals surface area (Å²) < 4.78 is 5.18. The van der Waals surface area contributed by atoms with Gasteiger partial charge in [-0.05, 0) is 31.0 Å². The first-order valence-electron chi connectivity index (χ1n) is 8.02. The summed E-state index contributed by atoms with van der Waals surface area (Å²) in [5.41, 5.74) is 0.896. The highest BCUT2D eigenvalue weighted by atomic mass is 16.6. The summed E-state index contributed by atoms with van der Waals surface area (Å²) in [4.78, 5) is 26.7. The lowest BCUT2D eigenvalue weighted by molar-refractivity contribution is 0.177. The molecule has 0 radical (unpaired) electrons. The molecule has 0 spiro atoms. The van der Waals surface area contributed by atoms with Crippen molar-refractivity contribution in [1.29, 1.82) is 0 Å². The number of anilines is 2. The van der Waals surface area contributed by atoms with E-state index in [-0.39, 0.29) is 24.1 Å². The summed E-state index contributed by atoms with van der Waals surface area (Å²) in [5, 5.41) is 3.22. The van der Waals surface area contributed by atoms with Crippen molar-refractivity contribution in [2.75, 3.05) is 16.8 Å². The van der Waals surface area contributed by atoms with Gasteiger partial charge in [-0.1, -0.05) is 19.9 Å². The highest BCUT2D eigenvalue weighted by Crippen LogP contribution is 2.26. The minimum atomic E-state index is -0.365. The van der Waals surface area contributed by atoms with E-state index in [9.17, 15) is 4.79 Å². The number of rotatable bonds is 5. The summed E-state index contributed by atoms with van der Waals surface area (Å²) in [5.74, 6) is 1.27. The molecule has 0 bridgehead atoms. The zero-order valence-corrected chi connectivity index (χ0v) is 14.0. The van der Waals surface area contributed by atoms with E-state index in [0.29, 0.717) is 18.4 Å². The fraction of sp³-hybridized carbons (Fsp3) is 0.412. The highest BCUT2D eigenvalue weighted by Gasteiger charge is 2.37. The Hall–Kier alpha value is -2.70. The summed E-state index contributed by atoms with van der Waals surface area (Å²) >= 11 is 0. The van der Waals surface area contributed by atoms with Gasteiger partial charge >= 0.3 is 6.09 Å². The molecule has 2 atom stereocenters. The van der Waals surface area contributed by atoms with E-state index >= 15 is 0 Å². The van der Waals surface area contributed by atoms with Crippen molar-refractivity contribution in [3.05, 3.63) is 42.4 Å². The molecule has 7 nitrogen and oxygen atoms in total. The van der Waals surface area contributed by atoms with E-state index in [4.69, 9.17) is 4.74 Å². The standard InChI is InChI=1S/C17H21N5O2/c1-11(2)14-10-24-17(23)22(14)15-7-9-19-16(21-15)20-12(3)13-6-4-5-8-18-13/h4-9,11-12,14H,10H2,1-3H3,(H,19,20,21)/t12?,14-/m1/s1. The second-order valence-corrected chi connectivity index (χ2v) is 6.12. The third-order valence-electron chi connectivity index (χ3n) is 4.04. The maximum Gasteiger partial charge on any atom is 0.415 e. The molecule has 0 saturated carbocycles. The third kappa shape index (κ3) is 3.29. The molecule has 2 aromatic heterocycles. The van der Waals surface area contributed by atoms with Crippen molar-refractivity contribution in [1.82, 2.24) is 15.0 Å². The second kappa shape index (κ2) is 6.82. The molecule has 1 amide bonds. The molecule has 1 fully saturated rings. The maximum absolute atomic E-state index is 12.1. The van der Waals surface area contributed by atoms with Crippen LogP contribution in [0.25, 0.3) is 0 Å². The Morgan fingerprint density at radius 3 is 2.75 bits per heavy atom. The normalized spacial score (nSPS) is 18.6. The minimum Gasteiger partial charge on any atom is -0.447 e. The largest absolute Gasteiger partial charge is 0.447 e. The Morgan fingerprint density at radius 2 is 2.04 bits per heavy atom. The fourth-order valence-electron chi connectivity index (χ4n) is 2.64. The van der Waals surface area contributed by atoms with Crippen LogP contribution in [0, 0.1) is 5.92 Å². The van der Waals surface area contributed by atoms with Crippen molar-refractivity contribution in [3.8, 4) is 0 Å². The van der Waals surface area contributed by atoms with E-state index in [0.717, 1.165) is 5.69 Å². The van der Waals surface area contributed by atoms with Crippen LogP contribution in [0.15, 0.2) is 36.7 Å². The number of cyclic esters (lactones) is 1. The van der Waals surface area contributed by atoms with Crippen molar-refractivity contribution < 1.29 is 9.53 Å². The third-order valence-corrected chi connectivity index (χ3v) is 4.04. The van der Waals surface area contributed by atoms with Crippen molar-refractivity contribution in [3.63, 3.8) is 0 Å². The first-order chi connectivity index (χ1) is 11.6. The van der Waals surface area contributed by atoms with Crippen LogP contribution >= 0.6 is 0 Å². The van der Waals surface area contributed by atoms with Gasteiger partial charge in [-0.2, -0.15) is 4.98 Å². The number of hydrogen-bond donors (Lipinski definition) is 1. The number of pyridine rings is 1. The molecule has 24 heavy (non-hydrogen) atoms. The molecule has 7 heteroatoms. The number of aromatic nitrogens is 3. The average molecular weight is 327 g/mol. The van der Waals surface area contributed by atoms with Gasteiger partial charge in [0, 0.05) is 12.4 Å². The zero-order chi connectivity index (χ0) is 17.1. The molecule has 1 N–H and O–H groups in total. The predicted octanol–water partition coefficient (Wildman–Crippen LogP) is 3.03. The molecule has 3 heterocycles. The monoisotopic (exact) mass is 327 g/mol. The van der Waals surface area contributed by atoms with Crippen molar-refractivity contribution in [2.24, 2.45) is 5.92 Å². The Morgan fingerprint density at radius 1 is 1.21 bits per heavy atom. The molecule has 0 aromatic carbocycles. The Labute approximate surface area is 141 Å². The number of hydrogen-bond acceptors (Lipinski definition) is 6. The number of ether oxygens (including phenoxy) is 1. The molecule has 126 valence electrons. The van der Waals surface area contributed by atoms with Gasteiger partial charge in [0.15, 0.2) is 0 Å². The Bertz CT molecular complexity index is 707. The average Bonchev–Trinajstić information content (AvgIpc) is 2.98. The van der Waals surface area contributed by atoms with Gasteiger partial charge in [0.25, 0.3) is 0 Å². The first-order valence-corrected chi connectivity index (χ1v) is 8.02. The van der Waals surface area contributed by atoms with Gasteiger partial charge in [-0.3, -0.25) is 9.88 Å². The lowest BCUT2D eigenvalue weighted by atomic mass is 10.0. The number of carbonyl (C=O) groups is 1. The molecule has 1 unspecified atom stereocenters. The van der Waals surface area contributed by atoms with Crippen LogP contribution < -0.4 is 10.2 Å². The van der Waals surface area contributed by atoms with Crippen LogP contribution in [-0.4, -0.2) is 33.7 Å². The number of nitrogens with zero attached hydrogens (tertiary/aromatic N) is 4. The molecular formula is C17H21N5O2. The van der Waals surface area contributed by atoms with Crippen LogP contribution in [0.4, 0.5) is 16.6 Å². The number of carbonyl (C=O) groups excluding carboxylic acids is 1. The van der Waals surface area contributed by atoms with E-state index in [1.54, 1.807) is 23.4 Å². The van der Waals surface area contributed by atoms with Crippen LogP contribution in [0.2, 0.25) is 0 Å². The van der Waals surface area contributed by atoms with E-state index < -0.39 is 0 Å². The second-order valence-electron chi connectivity index (χ2n) is 6.12. The molecule has 1 aliphatic heterocycles. The quantitative estimate of drug-likeness (QED) is 0.909. The molecular weight excluding hydrogens is 306 g/mol. The molecule has 3 rings (SSSR count). The van der Waals surface area contributed by atoms with Crippen molar-refractivity contribution >= 4 is 17.9 Å². The summed E-state index contributed by atoms with van der Waals surface area (Å²) in [7, 11) is 0. The summed E-state index contributed by atoms with van der Waals surface area (Å²) in [6.07, 6.45) is 3.02. The van der Waals surface area contributed by atoms with Gasteiger partial charge in [0.2, 0.25) is 5.95 Å². The van der Waals surface area contributed by atoms with E-state index in [1.807, 2.05) is 25.1 Å². The lowest BCUT2D eigenvalue weighted by Crippen LogP contribution is -2.37. The number of nitrogens with one attached hydrogen (secondary N) is 1. The Balaban J connectivity index is 1.80. The predicted molar refractivity (Wildman–Crippen MR) is 90.8 cm³/mol. The van der Waals surface area contributed by atoms with Crippen LogP contribution in [0.1, 0.15) is 32.5 Å². The highest BCUT2D eigenvalue weighted by molar-refractivity contribution is 5.89. The zero-order valence-electron chi connectivity index (χ0n) is 14.0. The number of amides is 1. The SMILES string of the molecule is CC(Nc1nccc(N2C(=O)OC[C@@H]2C(C)C)n1)c1ccccn1. The molecule has 2 aromatic rings. The smallest absolute Gasteiger partial charge is 0.415 e. The minimum absolute atomic E-state index is 0.0199. The van der Waals surface area contributed by atoms with Gasteiger partial charge in [-0.15, -0.1) is 0 Å². The van der Waals surface area contributed by atoms with Gasteiger partial charge in [0.05, 0.1) is 17.8 Å². The van der Waals surface area contributed by atoms with Crippen LogP contribution in [-0.2, 0) is 4.74 Å². The first kappa shape index (κ1) is 16.2.